The van der Waals surface area contributed by atoms with Crippen LogP contribution in [0.4, 0.5) is 11.4 Å². The molecule has 0 saturated carbocycles. The summed E-state index contributed by atoms with van der Waals surface area (Å²) in [7, 11) is 0. The van der Waals surface area contributed by atoms with Gasteiger partial charge in [0, 0.05) is 22.9 Å². The maximum Gasteiger partial charge on any atom is 0.283 e. The molecule has 0 atom stereocenters. The lowest BCUT2D eigenvalue weighted by Crippen LogP contribution is -2.13. The number of nitro benzene ring substituents is 1. The van der Waals surface area contributed by atoms with Gasteiger partial charge < -0.3 is 11.1 Å². The Balaban J connectivity index is 2.22. The first-order valence-corrected chi connectivity index (χ1v) is 7.68. The topological polar surface area (TPSA) is 115 Å². The van der Waals surface area contributed by atoms with E-state index in [0.29, 0.717) is 16.1 Å². The Hall–Kier alpha value is -2.87. The first-order chi connectivity index (χ1) is 10.9. The summed E-state index contributed by atoms with van der Waals surface area (Å²) in [5.74, 6) is -1.04. The van der Waals surface area contributed by atoms with Crippen molar-refractivity contribution in [2.75, 3.05) is 11.6 Å². The molecular weight excluding hydrogens is 318 g/mol. The van der Waals surface area contributed by atoms with Gasteiger partial charge in [-0.3, -0.25) is 19.7 Å². The maximum absolute atomic E-state index is 12.2. The average molecular weight is 331 g/mol. The van der Waals surface area contributed by atoms with Gasteiger partial charge in [0.05, 0.1) is 9.82 Å². The van der Waals surface area contributed by atoms with Crippen LogP contribution in [-0.2, 0) is 0 Å². The molecule has 0 bridgehead atoms. The van der Waals surface area contributed by atoms with Gasteiger partial charge >= 0.3 is 0 Å². The predicted molar refractivity (Wildman–Crippen MR) is 87.8 cm³/mol. The standard InChI is InChI=1S/C15H13N3O4S/c1-23-13-7-4-10(8-12(13)18(21)22)15(20)17-11-5-2-9(3-6-11)14(16)19/h2-8H,1H3,(H2,16,19)(H,17,20). The molecule has 0 aliphatic rings. The third kappa shape index (κ3) is 3.86. The van der Waals surface area contributed by atoms with Crippen molar-refractivity contribution in [3.05, 3.63) is 63.7 Å². The lowest BCUT2D eigenvalue weighted by molar-refractivity contribution is -0.387. The average Bonchev–Trinajstić information content (AvgIpc) is 2.54. The second-order valence-electron chi connectivity index (χ2n) is 4.54. The number of thioether (sulfide) groups is 1. The van der Waals surface area contributed by atoms with Gasteiger partial charge in [-0.1, -0.05) is 0 Å². The van der Waals surface area contributed by atoms with Crippen molar-refractivity contribution < 1.29 is 14.5 Å². The van der Waals surface area contributed by atoms with Crippen LogP contribution < -0.4 is 11.1 Å². The Morgan fingerprint density at radius 3 is 2.26 bits per heavy atom. The number of nitrogens with two attached hydrogens (primary N) is 1. The van der Waals surface area contributed by atoms with Gasteiger partial charge in [0.2, 0.25) is 5.91 Å². The number of nitrogens with one attached hydrogen (secondary N) is 1. The molecule has 2 rings (SSSR count). The quantitative estimate of drug-likeness (QED) is 0.496. The van der Waals surface area contributed by atoms with E-state index in [4.69, 9.17) is 5.73 Å². The maximum atomic E-state index is 12.2. The highest BCUT2D eigenvalue weighted by atomic mass is 32.2. The fourth-order valence-electron chi connectivity index (χ4n) is 1.89. The van der Waals surface area contributed by atoms with E-state index in [9.17, 15) is 19.7 Å². The summed E-state index contributed by atoms with van der Waals surface area (Å²) in [5, 5.41) is 13.6. The van der Waals surface area contributed by atoms with Gasteiger partial charge in [-0.05, 0) is 42.7 Å². The van der Waals surface area contributed by atoms with Gasteiger partial charge in [-0.25, -0.2) is 0 Å². The molecule has 0 unspecified atom stereocenters. The van der Waals surface area contributed by atoms with Crippen molar-refractivity contribution >= 4 is 35.0 Å². The number of primary amides is 1. The summed E-state index contributed by atoms with van der Waals surface area (Å²) >= 11 is 1.24. The molecule has 2 aromatic carbocycles. The highest BCUT2D eigenvalue weighted by Gasteiger charge is 2.17. The lowest BCUT2D eigenvalue weighted by atomic mass is 10.1. The number of anilines is 1. The summed E-state index contributed by atoms with van der Waals surface area (Å²) < 4.78 is 0. The lowest BCUT2D eigenvalue weighted by Gasteiger charge is -2.07. The minimum atomic E-state index is -0.564. The second kappa shape index (κ2) is 6.93. The Kier molecular flexibility index (Phi) is 4.97. The summed E-state index contributed by atoms with van der Waals surface area (Å²) in [6.45, 7) is 0. The number of amides is 2. The van der Waals surface area contributed by atoms with Crippen molar-refractivity contribution in [1.82, 2.24) is 0 Å². The van der Waals surface area contributed by atoms with E-state index in [1.54, 1.807) is 6.26 Å². The van der Waals surface area contributed by atoms with Crippen molar-refractivity contribution in [3.63, 3.8) is 0 Å². The number of nitrogens with zero attached hydrogens (tertiary/aromatic N) is 1. The van der Waals surface area contributed by atoms with Crippen LogP contribution in [0.5, 0.6) is 0 Å². The molecule has 0 aliphatic heterocycles. The fourth-order valence-corrected chi connectivity index (χ4v) is 2.44. The summed E-state index contributed by atoms with van der Waals surface area (Å²) in [6.07, 6.45) is 1.72. The van der Waals surface area contributed by atoms with Crippen LogP contribution in [0.3, 0.4) is 0 Å². The van der Waals surface area contributed by atoms with Gasteiger partial charge in [0.15, 0.2) is 0 Å². The molecule has 23 heavy (non-hydrogen) atoms. The molecule has 7 nitrogen and oxygen atoms in total. The fraction of sp³-hybridized carbons (Fsp3) is 0.0667. The first kappa shape index (κ1) is 16.5. The van der Waals surface area contributed by atoms with Crippen LogP contribution in [0.25, 0.3) is 0 Å². The largest absolute Gasteiger partial charge is 0.366 e. The van der Waals surface area contributed by atoms with Gasteiger partial charge in [0.1, 0.15) is 0 Å². The van der Waals surface area contributed by atoms with Gasteiger partial charge in [-0.15, -0.1) is 11.8 Å². The van der Waals surface area contributed by atoms with Crippen LogP contribution in [0, 0.1) is 10.1 Å². The number of nitro groups is 1. The highest BCUT2D eigenvalue weighted by Crippen LogP contribution is 2.28. The van der Waals surface area contributed by atoms with E-state index in [0.717, 1.165) is 0 Å². The number of benzene rings is 2. The smallest absolute Gasteiger partial charge is 0.283 e. The molecule has 3 N–H and O–H groups in total. The number of hydrogen-bond donors (Lipinski definition) is 2. The molecular formula is C15H13N3O4S. The minimum Gasteiger partial charge on any atom is -0.366 e. The molecule has 2 aromatic rings. The molecule has 0 fully saturated rings. The number of hydrogen-bond acceptors (Lipinski definition) is 5. The Labute approximate surface area is 136 Å². The van der Waals surface area contributed by atoms with Gasteiger partial charge in [0.25, 0.3) is 11.6 Å². The van der Waals surface area contributed by atoms with Crippen LogP contribution in [0.15, 0.2) is 47.4 Å². The molecule has 0 aliphatic carbocycles. The predicted octanol–water partition coefficient (Wildman–Crippen LogP) is 2.67. The van der Waals surface area contributed by atoms with E-state index in [1.165, 1.54) is 54.2 Å². The molecule has 0 heterocycles. The molecule has 8 heteroatoms. The van der Waals surface area contributed by atoms with Crippen molar-refractivity contribution in [2.24, 2.45) is 5.73 Å². The first-order valence-electron chi connectivity index (χ1n) is 6.46. The second-order valence-corrected chi connectivity index (χ2v) is 5.39. The zero-order chi connectivity index (χ0) is 17.0. The van der Waals surface area contributed by atoms with Gasteiger partial charge in [-0.2, -0.15) is 0 Å². The molecule has 2 amide bonds. The van der Waals surface area contributed by atoms with Crippen LogP contribution in [0.2, 0.25) is 0 Å². The van der Waals surface area contributed by atoms with E-state index >= 15 is 0 Å². The Bertz CT molecular complexity index is 775. The molecule has 0 radical (unpaired) electrons. The Morgan fingerprint density at radius 2 is 1.74 bits per heavy atom. The normalized spacial score (nSPS) is 10.1. The van der Waals surface area contributed by atoms with Crippen LogP contribution >= 0.6 is 11.8 Å². The third-order valence-corrected chi connectivity index (χ3v) is 3.85. The summed E-state index contributed by atoms with van der Waals surface area (Å²) in [4.78, 5) is 34.2. The monoisotopic (exact) mass is 331 g/mol. The highest BCUT2D eigenvalue weighted by molar-refractivity contribution is 7.98. The van der Waals surface area contributed by atoms with Crippen molar-refractivity contribution in [1.29, 1.82) is 0 Å². The number of carbonyl (C=O) groups is 2. The van der Waals surface area contributed by atoms with E-state index in [-0.39, 0.29) is 11.3 Å². The third-order valence-electron chi connectivity index (χ3n) is 3.07. The summed E-state index contributed by atoms with van der Waals surface area (Å²) in [6, 6.07) is 10.3. The van der Waals surface area contributed by atoms with E-state index < -0.39 is 16.7 Å². The van der Waals surface area contributed by atoms with Crippen LogP contribution in [-0.4, -0.2) is 23.0 Å². The molecule has 0 saturated heterocycles. The van der Waals surface area contributed by atoms with E-state index in [2.05, 4.69) is 5.32 Å². The summed E-state index contributed by atoms with van der Waals surface area (Å²) in [5.41, 5.74) is 5.97. The molecule has 118 valence electrons. The van der Waals surface area contributed by atoms with Crippen LogP contribution in [0.1, 0.15) is 20.7 Å². The number of carbonyl (C=O) groups excluding carboxylic acids is 2. The SMILES string of the molecule is CSc1ccc(C(=O)Nc2ccc(C(N)=O)cc2)cc1[N+](=O)[O-]. The Morgan fingerprint density at radius 1 is 1.13 bits per heavy atom. The number of rotatable bonds is 5. The van der Waals surface area contributed by atoms with Crippen molar-refractivity contribution in [3.8, 4) is 0 Å². The van der Waals surface area contributed by atoms with E-state index in [1.807, 2.05) is 0 Å². The molecule has 0 spiro atoms. The minimum absolute atomic E-state index is 0.116. The molecule has 0 aromatic heterocycles. The zero-order valence-corrected chi connectivity index (χ0v) is 12.9. The van der Waals surface area contributed by atoms with Crippen molar-refractivity contribution in [2.45, 2.75) is 4.90 Å². The zero-order valence-electron chi connectivity index (χ0n) is 12.1.